The van der Waals surface area contributed by atoms with Crippen LogP contribution < -0.4 is 5.73 Å². The highest BCUT2D eigenvalue weighted by molar-refractivity contribution is 5.81. The Labute approximate surface area is 95.9 Å². The number of primary amides is 1. The fourth-order valence-corrected chi connectivity index (χ4v) is 1.97. The summed E-state index contributed by atoms with van der Waals surface area (Å²) in [6.07, 6.45) is 2.61. The maximum Gasteiger partial charge on any atom is 0.320 e. The Morgan fingerprint density at radius 3 is 2.69 bits per heavy atom. The zero-order chi connectivity index (χ0) is 12.1. The van der Waals surface area contributed by atoms with Gasteiger partial charge in [0.25, 0.3) is 0 Å². The van der Waals surface area contributed by atoms with Gasteiger partial charge in [-0.1, -0.05) is 6.42 Å². The second kappa shape index (κ2) is 5.84. The van der Waals surface area contributed by atoms with Crippen molar-refractivity contribution in [1.82, 2.24) is 4.90 Å². The van der Waals surface area contributed by atoms with Gasteiger partial charge in [-0.3, -0.25) is 14.5 Å². The number of esters is 1. The van der Waals surface area contributed by atoms with Crippen molar-refractivity contribution < 1.29 is 14.3 Å². The number of amides is 1. The van der Waals surface area contributed by atoms with Crippen molar-refractivity contribution in [3.63, 3.8) is 0 Å². The zero-order valence-corrected chi connectivity index (χ0v) is 9.94. The smallest absolute Gasteiger partial charge is 0.320 e. The molecule has 0 bridgehead atoms. The minimum absolute atomic E-state index is 0.121. The van der Waals surface area contributed by atoms with Gasteiger partial charge in [-0.15, -0.1) is 0 Å². The fourth-order valence-electron chi connectivity index (χ4n) is 1.97. The van der Waals surface area contributed by atoms with Crippen LogP contribution in [0.15, 0.2) is 0 Å². The minimum Gasteiger partial charge on any atom is -0.462 e. The van der Waals surface area contributed by atoms with E-state index in [2.05, 4.69) is 0 Å². The molecule has 0 saturated carbocycles. The molecule has 2 N–H and O–H groups in total. The van der Waals surface area contributed by atoms with Gasteiger partial charge in [0, 0.05) is 0 Å². The van der Waals surface area contributed by atoms with Crippen LogP contribution in [-0.2, 0) is 14.3 Å². The van der Waals surface area contributed by atoms with Crippen LogP contribution in [0.3, 0.4) is 0 Å². The molecule has 0 aromatic heterocycles. The van der Waals surface area contributed by atoms with Crippen LogP contribution >= 0.6 is 0 Å². The van der Waals surface area contributed by atoms with E-state index < -0.39 is 0 Å². The van der Waals surface area contributed by atoms with Gasteiger partial charge in [0.15, 0.2) is 0 Å². The monoisotopic (exact) mass is 228 g/mol. The number of piperidine rings is 1. The molecule has 0 aromatic carbocycles. The highest BCUT2D eigenvalue weighted by Crippen LogP contribution is 2.16. The van der Waals surface area contributed by atoms with Crippen LogP contribution in [0.4, 0.5) is 0 Å². The molecule has 0 radical (unpaired) electrons. The number of nitrogens with zero attached hydrogens (tertiary/aromatic N) is 1. The lowest BCUT2D eigenvalue weighted by Gasteiger charge is -2.32. The summed E-state index contributed by atoms with van der Waals surface area (Å²) >= 11 is 0. The predicted octanol–water partition coefficient (Wildman–Crippen LogP) is 0.278. The Morgan fingerprint density at radius 1 is 1.44 bits per heavy atom. The molecule has 1 heterocycles. The normalized spacial score (nSPS) is 22.1. The second-order valence-electron chi connectivity index (χ2n) is 4.42. The average Bonchev–Trinajstić information content (AvgIpc) is 2.16. The summed E-state index contributed by atoms with van der Waals surface area (Å²) in [6.45, 7) is 4.51. The first-order valence-corrected chi connectivity index (χ1v) is 5.73. The summed E-state index contributed by atoms with van der Waals surface area (Å²) < 4.78 is 5.05. The molecule has 1 amide bonds. The average molecular weight is 228 g/mol. The van der Waals surface area contributed by atoms with Crippen LogP contribution in [0.25, 0.3) is 0 Å². The van der Waals surface area contributed by atoms with Crippen molar-refractivity contribution >= 4 is 11.9 Å². The van der Waals surface area contributed by atoms with E-state index in [0.717, 1.165) is 25.8 Å². The second-order valence-corrected chi connectivity index (χ2v) is 4.42. The topological polar surface area (TPSA) is 72.6 Å². The van der Waals surface area contributed by atoms with E-state index in [-0.39, 0.29) is 30.6 Å². The zero-order valence-electron chi connectivity index (χ0n) is 9.94. The van der Waals surface area contributed by atoms with Crippen LogP contribution in [0, 0.1) is 0 Å². The van der Waals surface area contributed by atoms with Crippen molar-refractivity contribution in [3.05, 3.63) is 0 Å². The third-order valence-electron chi connectivity index (χ3n) is 2.64. The molecule has 0 spiro atoms. The molecule has 1 aliphatic rings. The van der Waals surface area contributed by atoms with Crippen molar-refractivity contribution in [2.24, 2.45) is 5.73 Å². The lowest BCUT2D eigenvalue weighted by Crippen LogP contribution is -2.49. The summed E-state index contributed by atoms with van der Waals surface area (Å²) in [7, 11) is 0. The highest BCUT2D eigenvalue weighted by atomic mass is 16.5. The number of nitrogens with two attached hydrogens (primary N) is 1. The maximum atomic E-state index is 11.5. The van der Waals surface area contributed by atoms with Crippen molar-refractivity contribution in [2.75, 3.05) is 13.1 Å². The van der Waals surface area contributed by atoms with Crippen molar-refractivity contribution in [2.45, 2.75) is 45.3 Å². The number of hydrogen-bond donors (Lipinski definition) is 1. The standard InChI is InChI=1S/C11H20N2O3/c1-8(2)16-10(14)7-13-6-4-3-5-9(13)11(12)15/h8-9H,3-7H2,1-2H3,(H2,12,15). The van der Waals surface area contributed by atoms with Crippen molar-refractivity contribution in [1.29, 1.82) is 0 Å². The number of ether oxygens (including phenoxy) is 1. The Hall–Kier alpha value is -1.10. The third kappa shape index (κ3) is 3.81. The fraction of sp³-hybridized carbons (Fsp3) is 0.818. The SMILES string of the molecule is CC(C)OC(=O)CN1CCCCC1C(N)=O. The lowest BCUT2D eigenvalue weighted by atomic mass is 10.0. The van der Waals surface area contributed by atoms with Crippen molar-refractivity contribution in [3.8, 4) is 0 Å². The third-order valence-corrected chi connectivity index (χ3v) is 2.64. The lowest BCUT2D eigenvalue weighted by molar-refractivity contribution is -0.150. The summed E-state index contributed by atoms with van der Waals surface area (Å²) in [5.74, 6) is -0.639. The number of likely N-dealkylation sites (tertiary alicyclic amines) is 1. The first kappa shape index (κ1) is 13.0. The molecule has 5 heteroatoms. The van der Waals surface area contributed by atoms with Crippen LogP contribution in [-0.4, -0.2) is 42.0 Å². The van der Waals surface area contributed by atoms with Crippen LogP contribution in [0.1, 0.15) is 33.1 Å². The van der Waals surface area contributed by atoms with E-state index in [4.69, 9.17) is 10.5 Å². The van der Waals surface area contributed by atoms with Gasteiger partial charge in [-0.2, -0.15) is 0 Å². The van der Waals surface area contributed by atoms with Gasteiger partial charge in [-0.25, -0.2) is 0 Å². The van der Waals surface area contributed by atoms with E-state index in [0.29, 0.717) is 0 Å². The van der Waals surface area contributed by atoms with Gasteiger partial charge in [0.05, 0.1) is 18.7 Å². The first-order chi connectivity index (χ1) is 7.50. The van der Waals surface area contributed by atoms with Crippen LogP contribution in [0.2, 0.25) is 0 Å². The molecule has 1 atom stereocenters. The van der Waals surface area contributed by atoms with E-state index in [1.54, 1.807) is 13.8 Å². The molecule has 1 aliphatic heterocycles. The summed E-state index contributed by atoms with van der Waals surface area (Å²) in [4.78, 5) is 24.5. The predicted molar refractivity (Wildman–Crippen MR) is 59.6 cm³/mol. The molecule has 5 nitrogen and oxygen atoms in total. The molecule has 0 aromatic rings. The molecule has 1 unspecified atom stereocenters. The highest BCUT2D eigenvalue weighted by Gasteiger charge is 2.28. The maximum absolute atomic E-state index is 11.5. The van der Waals surface area contributed by atoms with E-state index >= 15 is 0 Å². The number of carbonyl (C=O) groups is 2. The Kier molecular flexibility index (Phi) is 4.73. The molecule has 1 saturated heterocycles. The molecule has 0 aliphatic carbocycles. The molecule has 1 fully saturated rings. The van der Waals surface area contributed by atoms with E-state index in [1.165, 1.54) is 0 Å². The quantitative estimate of drug-likeness (QED) is 0.701. The first-order valence-electron chi connectivity index (χ1n) is 5.73. The van der Waals surface area contributed by atoms with E-state index in [9.17, 15) is 9.59 Å². The molecule has 92 valence electrons. The van der Waals surface area contributed by atoms with Gasteiger partial charge in [0.1, 0.15) is 0 Å². The largest absolute Gasteiger partial charge is 0.462 e. The molecular weight excluding hydrogens is 208 g/mol. The van der Waals surface area contributed by atoms with Gasteiger partial charge in [-0.05, 0) is 33.2 Å². The van der Waals surface area contributed by atoms with E-state index in [1.807, 2.05) is 4.90 Å². The number of rotatable bonds is 4. The Balaban J connectivity index is 2.49. The Morgan fingerprint density at radius 2 is 2.12 bits per heavy atom. The van der Waals surface area contributed by atoms with Crippen LogP contribution in [0.5, 0.6) is 0 Å². The number of carbonyl (C=O) groups excluding carboxylic acids is 2. The summed E-state index contributed by atoms with van der Waals surface area (Å²) in [5.41, 5.74) is 5.30. The van der Waals surface area contributed by atoms with Gasteiger partial charge >= 0.3 is 5.97 Å². The molecule has 16 heavy (non-hydrogen) atoms. The molecular formula is C11H20N2O3. The molecule has 1 rings (SSSR count). The van der Waals surface area contributed by atoms with Gasteiger partial charge in [0.2, 0.25) is 5.91 Å². The summed E-state index contributed by atoms with van der Waals surface area (Å²) in [6, 6.07) is -0.312. The number of hydrogen-bond acceptors (Lipinski definition) is 4. The summed E-state index contributed by atoms with van der Waals surface area (Å²) in [5, 5.41) is 0. The minimum atomic E-state index is -0.350. The van der Waals surface area contributed by atoms with Gasteiger partial charge < -0.3 is 10.5 Å². The Bertz CT molecular complexity index is 266.